The molecule has 3 N–H and O–H groups in total. The number of nitrogens with two attached hydrogens (primary N) is 1. The van der Waals surface area contributed by atoms with Crippen LogP contribution in [0.2, 0.25) is 0 Å². The van der Waals surface area contributed by atoms with Gasteiger partial charge in [-0.05, 0) is 19.4 Å². The Bertz CT molecular complexity index is 341. The van der Waals surface area contributed by atoms with Crippen LogP contribution in [0.25, 0.3) is 0 Å². The van der Waals surface area contributed by atoms with Gasteiger partial charge in [-0.1, -0.05) is 0 Å². The van der Waals surface area contributed by atoms with Crippen LogP contribution < -0.4 is 11.1 Å². The Morgan fingerprint density at radius 3 is 3.00 bits per heavy atom. The van der Waals surface area contributed by atoms with Gasteiger partial charge in [0.05, 0.1) is 11.8 Å². The van der Waals surface area contributed by atoms with Gasteiger partial charge in [0.2, 0.25) is 0 Å². The molecule has 15 heavy (non-hydrogen) atoms. The van der Waals surface area contributed by atoms with E-state index in [9.17, 15) is 9.18 Å². The first-order valence-corrected chi connectivity index (χ1v) is 4.74. The molecule has 0 saturated heterocycles. The summed E-state index contributed by atoms with van der Waals surface area (Å²) in [7, 11) is 0. The number of halogens is 1. The van der Waals surface area contributed by atoms with Gasteiger partial charge in [0, 0.05) is 18.8 Å². The summed E-state index contributed by atoms with van der Waals surface area (Å²) in [6, 6.07) is 1.18. The quantitative estimate of drug-likeness (QED) is 0.769. The van der Waals surface area contributed by atoms with Crippen LogP contribution >= 0.6 is 0 Å². The normalized spacial score (nSPS) is 12.2. The van der Waals surface area contributed by atoms with Crippen LogP contribution in [0.3, 0.4) is 0 Å². The van der Waals surface area contributed by atoms with E-state index in [1.807, 2.05) is 6.92 Å². The first-order chi connectivity index (χ1) is 7.09. The number of nitrogens with one attached hydrogen (secondary N) is 1. The molecule has 1 heterocycles. The van der Waals surface area contributed by atoms with Gasteiger partial charge in [0.15, 0.2) is 0 Å². The minimum Gasteiger partial charge on any atom is -0.352 e. The van der Waals surface area contributed by atoms with Crippen molar-refractivity contribution in [1.82, 2.24) is 10.3 Å². The Morgan fingerprint density at radius 2 is 2.40 bits per heavy atom. The summed E-state index contributed by atoms with van der Waals surface area (Å²) in [6.45, 7) is 2.34. The van der Waals surface area contributed by atoms with Crippen molar-refractivity contribution in [2.45, 2.75) is 19.4 Å². The predicted molar refractivity (Wildman–Crippen MR) is 54.8 cm³/mol. The number of carbonyl (C=O) groups is 1. The average Bonchev–Trinajstić information content (AvgIpc) is 2.17. The molecule has 0 aliphatic rings. The third-order valence-corrected chi connectivity index (χ3v) is 1.85. The number of pyridine rings is 1. The highest BCUT2D eigenvalue weighted by molar-refractivity contribution is 5.93. The van der Waals surface area contributed by atoms with Gasteiger partial charge in [0.25, 0.3) is 5.91 Å². The highest BCUT2D eigenvalue weighted by Gasteiger charge is 2.06. The highest BCUT2D eigenvalue weighted by Crippen LogP contribution is 2.00. The first kappa shape index (κ1) is 11.6. The molecule has 0 aliphatic carbocycles. The molecular weight excluding hydrogens is 197 g/mol. The number of hydrogen-bond acceptors (Lipinski definition) is 3. The lowest BCUT2D eigenvalue weighted by Crippen LogP contribution is -2.29. The largest absolute Gasteiger partial charge is 0.352 e. The Kier molecular flexibility index (Phi) is 4.17. The summed E-state index contributed by atoms with van der Waals surface area (Å²) in [5, 5.41) is 2.63. The van der Waals surface area contributed by atoms with Crippen LogP contribution in [0.4, 0.5) is 4.39 Å². The van der Waals surface area contributed by atoms with Gasteiger partial charge in [-0.2, -0.15) is 0 Å². The molecule has 5 heteroatoms. The van der Waals surface area contributed by atoms with E-state index in [1.165, 1.54) is 6.20 Å². The van der Waals surface area contributed by atoms with E-state index in [2.05, 4.69) is 10.3 Å². The van der Waals surface area contributed by atoms with Crippen molar-refractivity contribution in [2.24, 2.45) is 5.73 Å². The van der Waals surface area contributed by atoms with E-state index in [0.717, 1.165) is 12.3 Å². The van der Waals surface area contributed by atoms with E-state index < -0.39 is 5.82 Å². The standard InChI is InChI=1S/C10H14FN3O/c1-7(12)2-3-14-10(15)8-4-9(11)6-13-5-8/h4-7H,2-3,12H2,1H3,(H,14,15). The molecular formula is C10H14FN3O. The molecule has 0 spiro atoms. The summed E-state index contributed by atoms with van der Waals surface area (Å²) in [5.41, 5.74) is 5.74. The van der Waals surface area contributed by atoms with Crippen molar-refractivity contribution in [1.29, 1.82) is 0 Å². The van der Waals surface area contributed by atoms with E-state index in [4.69, 9.17) is 5.73 Å². The SMILES string of the molecule is CC(N)CCNC(=O)c1cncc(F)c1. The van der Waals surface area contributed by atoms with Gasteiger partial charge in [0.1, 0.15) is 5.82 Å². The molecule has 0 aliphatic heterocycles. The number of rotatable bonds is 4. The van der Waals surface area contributed by atoms with Crippen molar-refractivity contribution in [3.8, 4) is 0 Å². The second-order valence-electron chi connectivity index (χ2n) is 3.41. The number of aromatic nitrogens is 1. The Hall–Kier alpha value is -1.49. The van der Waals surface area contributed by atoms with Gasteiger partial charge < -0.3 is 11.1 Å². The summed E-state index contributed by atoms with van der Waals surface area (Å²) in [4.78, 5) is 15.0. The highest BCUT2D eigenvalue weighted by atomic mass is 19.1. The molecule has 0 aromatic carbocycles. The lowest BCUT2D eigenvalue weighted by Gasteiger charge is -2.06. The van der Waals surface area contributed by atoms with Gasteiger partial charge in [-0.25, -0.2) is 4.39 Å². The molecule has 1 unspecified atom stereocenters. The average molecular weight is 211 g/mol. The van der Waals surface area contributed by atoms with Crippen molar-refractivity contribution in [3.05, 3.63) is 29.8 Å². The van der Waals surface area contributed by atoms with Crippen LogP contribution in [0.1, 0.15) is 23.7 Å². The number of amides is 1. The van der Waals surface area contributed by atoms with Crippen LogP contribution in [0.5, 0.6) is 0 Å². The Labute approximate surface area is 87.7 Å². The maximum atomic E-state index is 12.7. The molecule has 0 saturated carbocycles. The van der Waals surface area contributed by atoms with Crippen molar-refractivity contribution >= 4 is 5.91 Å². The van der Waals surface area contributed by atoms with Crippen molar-refractivity contribution < 1.29 is 9.18 Å². The van der Waals surface area contributed by atoms with Crippen LogP contribution in [-0.2, 0) is 0 Å². The predicted octanol–water partition coefficient (Wildman–Crippen LogP) is 0.688. The third kappa shape index (κ3) is 4.03. The number of nitrogens with zero attached hydrogens (tertiary/aromatic N) is 1. The van der Waals surface area contributed by atoms with E-state index in [1.54, 1.807) is 0 Å². The Morgan fingerprint density at radius 1 is 1.67 bits per heavy atom. The fraction of sp³-hybridized carbons (Fsp3) is 0.400. The minimum absolute atomic E-state index is 0.0379. The smallest absolute Gasteiger partial charge is 0.252 e. The second kappa shape index (κ2) is 5.41. The molecule has 0 fully saturated rings. The molecule has 82 valence electrons. The topological polar surface area (TPSA) is 68.0 Å². The summed E-state index contributed by atoms with van der Waals surface area (Å²) in [5.74, 6) is -0.850. The van der Waals surface area contributed by atoms with Crippen molar-refractivity contribution in [3.63, 3.8) is 0 Å². The second-order valence-corrected chi connectivity index (χ2v) is 3.41. The summed E-state index contributed by atoms with van der Waals surface area (Å²) in [6.07, 6.45) is 3.07. The minimum atomic E-state index is -0.519. The lowest BCUT2D eigenvalue weighted by atomic mass is 10.2. The molecule has 1 amide bonds. The maximum Gasteiger partial charge on any atom is 0.252 e. The molecule has 4 nitrogen and oxygen atoms in total. The van der Waals surface area contributed by atoms with E-state index in [-0.39, 0.29) is 17.5 Å². The summed E-state index contributed by atoms with van der Waals surface area (Å²) < 4.78 is 12.7. The van der Waals surface area contributed by atoms with Crippen molar-refractivity contribution in [2.75, 3.05) is 6.54 Å². The third-order valence-electron chi connectivity index (χ3n) is 1.85. The fourth-order valence-electron chi connectivity index (χ4n) is 1.05. The molecule has 1 rings (SSSR count). The van der Waals surface area contributed by atoms with Crippen LogP contribution in [0.15, 0.2) is 18.5 Å². The van der Waals surface area contributed by atoms with Gasteiger partial charge >= 0.3 is 0 Å². The van der Waals surface area contributed by atoms with Gasteiger partial charge in [-0.15, -0.1) is 0 Å². The van der Waals surface area contributed by atoms with Gasteiger partial charge in [-0.3, -0.25) is 9.78 Å². The number of hydrogen-bond donors (Lipinski definition) is 2. The first-order valence-electron chi connectivity index (χ1n) is 4.74. The van der Waals surface area contributed by atoms with Crippen LogP contribution in [0, 0.1) is 5.82 Å². The maximum absolute atomic E-state index is 12.7. The lowest BCUT2D eigenvalue weighted by molar-refractivity contribution is 0.0952. The fourth-order valence-corrected chi connectivity index (χ4v) is 1.05. The molecule has 0 radical (unpaired) electrons. The molecule has 1 atom stereocenters. The van der Waals surface area contributed by atoms with E-state index >= 15 is 0 Å². The van der Waals surface area contributed by atoms with Crippen LogP contribution in [-0.4, -0.2) is 23.5 Å². The zero-order chi connectivity index (χ0) is 11.3. The van der Waals surface area contributed by atoms with E-state index in [0.29, 0.717) is 13.0 Å². The molecule has 0 bridgehead atoms. The molecule has 1 aromatic rings. The Balaban J connectivity index is 2.47. The summed E-state index contributed by atoms with van der Waals surface area (Å²) >= 11 is 0. The monoisotopic (exact) mass is 211 g/mol. The molecule has 1 aromatic heterocycles. The zero-order valence-electron chi connectivity index (χ0n) is 8.53. The number of carbonyl (C=O) groups excluding carboxylic acids is 1. The zero-order valence-corrected chi connectivity index (χ0v) is 8.53.